The molecule has 3 amide bonds. The van der Waals surface area contributed by atoms with Gasteiger partial charge in [0.2, 0.25) is 11.8 Å². The van der Waals surface area contributed by atoms with Crippen molar-refractivity contribution in [1.29, 1.82) is 0 Å². The fourth-order valence-electron chi connectivity index (χ4n) is 3.00. The molecule has 0 aliphatic heterocycles. The summed E-state index contributed by atoms with van der Waals surface area (Å²) >= 11 is 0. The van der Waals surface area contributed by atoms with Gasteiger partial charge in [-0.1, -0.05) is 26.8 Å². The Kier molecular flexibility index (Phi) is 11.6. The smallest absolute Gasteiger partial charge is 0.268 e. The highest BCUT2D eigenvalue weighted by Crippen LogP contribution is 2.14. The Balaban J connectivity index is 2.74. The van der Waals surface area contributed by atoms with Crippen LogP contribution in [0, 0.1) is 5.92 Å². The van der Waals surface area contributed by atoms with Crippen molar-refractivity contribution in [1.82, 2.24) is 20.9 Å². The number of carbonyl (C=O) groups is 3. The van der Waals surface area contributed by atoms with Crippen molar-refractivity contribution in [3.63, 3.8) is 0 Å². The summed E-state index contributed by atoms with van der Waals surface area (Å²) < 4.78 is 10.00. The van der Waals surface area contributed by atoms with Crippen LogP contribution in [0.3, 0.4) is 0 Å². The molecule has 1 atom stereocenters. The van der Waals surface area contributed by atoms with Gasteiger partial charge >= 0.3 is 0 Å². The third kappa shape index (κ3) is 8.94. The van der Waals surface area contributed by atoms with E-state index < -0.39 is 18.2 Å². The highest BCUT2D eigenvalue weighted by Gasteiger charge is 2.24. The van der Waals surface area contributed by atoms with Gasteiger partial charge in [-0.3, -0.25) is 14.4 Å². The number of ether oxygens (including phenoxy) is 2. The first-order valence-corrected chi connectivity index (χ1v) is 10.5. The Morgan fingerprint density at radius 3 is 2.39 bits per heavy atom. The number of aryl methyl sites for hydroxylation is 1. The van der Waals surface area contributed by atoms with Crippen molar-refractivity contribution in [2.45, 2.75) is 52.9 Å². The van der Waals surface area contributed by atoms with Gasteiger partial charge in [0.15, 0.2) is 6.29 Å². The summed E-state index contributed by atoms with van der Waals surface area (Å²) in [5, 5.41) is 7.98. The summed E-state index contributed by atoms with van der Waals surface area (Å²) in [7, 11) is 2.94. The minimum absolute atomic E-state index is 0.162. The molecule has 174 valence electrons. The number of amides is 3. The number of methoxy groups -OCH3 is 2. The average molecular weight is 437 g/mol. The molecule has 0 bridgehead atoms. The monoisotopic (exact) mass is 436 g/mol. The SMILES string of the molecule is C/C=C\c1[nH]c(C(=O)NC(CC(C)C)C(=O)NCC(=O)NCC(OC)OC)cc1CC. The molecule has 1 aromatic heterocycles. The number of carbonyl (C=O) groups excluding carboxylic acids is 3. The van der Waals surface area contributed by atoms with Gasteiger partial charge in [0, 0.05) is 19.9 Å². The summed E-state index contributed by atoms with van der Waals surface area (Å²) in [6.45, 7) is 7.79. The Morgan fingerprint density at radius 1 is 1.16 bits per heavy atom. The van der Waals surface area contributed by atoms with E-state index in [4.69, 9.17) is 9.47 Å². The van der Waals surface area contributed by atoms with Crippen LogP contribution in [-0.2, 0) is 25.5 Å². The second-order valence-electron chi connectivity index (χ2n) is 7.55. The first-order chi connectivity index (χ1) is 14.7. The molecular weight excluding hydrogens is 400 g/mol. The van der Waals surface area contributed by atoms with Crippen LogP contribution in [0.25, 0.3) is 6.08 Å². The van der Waals surface area contributed by atoms with Crippen molar-refractivity contribution >= 4 is 23.8 Å². The minimum Gasteiger partial charge on any atom is -0.354 e. The average Bonchev–Trinajstić information content (AvgIpc) is 3.15. The van der Waals surface area contributed by atoms with Crippen LogP contribution in [0.1, 0.15) is 55.9 Å². The molecule has 9 heteroatoms. The largest absolute Gasteiger partial charge is 0.354 e. The third-order valence-corrected chi connectivity index (χ3v) is 4.64. The quantitative estimate of drug-likeness (QED) is 0.350. The maximum Gasteiger partial charge on any atom is 0.268 e. The minimum atomic E-state index is -0.760. The number of hydrogen-bond donors (Lipinski definition) is 4. The molecule has 1 heterocycles. The summed E-state index contributed by atoms with van der Waals surface area (Å²) in [4.78, 5) is 40.5. The number of aromatic nitrogens is 1. The van der Waals surface area contributed by atoms with Crippen LogP contribution < -0.4 is 16.0 Å². The van der Waals surface area contributed by atoms with Gasteiger partial charge in [0.1, 0.15) is 11.7 Å². The summed E-state index contributed by atoms with van der Waals surface area (Å²) in [5.41, 5.74) is 2.30. The van der Waals surface area contributed by atoms with Crippen molar-refractivity contribution < 1.29 is 23.9 Å². The highest BCUT2D eigenvalue weighted by molar-refractivity contribution is 5.97. The van der Waals surface area contributed by atoms with Crippen molar-refractivity contribution in [3.8, 4) is 0 Å². The second-order valence-corrected chi connectivity index (χ2v) is 7.55. The molecule has 1 aromatic rings. The molecule has 0 radical (unpaired) electrons. The predicted octanol–water partition coefficient (Wildman–Crippen LogP) is 1.61. The number of hydrogen-bond acceptors (Lipinski definition) is 5. The molecule has 1 unspecified atom stereocenters. The zero-order valence-corrected chi connectivity index (χ0v) is 19.3. The number of nitrogens with one attached hydrogen (secondary N) is 4. The maximum atomic E-state index is 12.8. The van der Waals surface area contributed by atoms with E-state index in [9.17, 15) is 14.4 Å². The van der Waals surface area contributed by atoms with Crippen molar-refractivity contribution in [3.05, 3.63) is 29.1 Å². The molecule has 0 spiro atoms. The number of rotatable bonds is 13. The fourth-order valence-corrected chi connectivity index (χ4v) is 3.00. The van der Waals surface area contributed by atoms with Crippen molar-refractivity contribution in [2.24, 2.45) is 5.92 Å². The lowest BCUT2D eigenvalue weighted by atomic mass is 10.0. The molecule has 0 aliphatic carbocycles. The zero-order chi connectivity index (χ0) is 23.4. The molecule has 0 saturated heterocycles. The van der Waals surface area contributed by atoms with E-state index in [1.54, 1.807) is 6.07 Å². The lowest BCUT2D eigenvalue weighted by molar-refractivity contribution is -0.130. The van der Waals surface area contributed by atoms with Crippen LogP contribution in [0.2, 0.25) is 0 Å². The van der Waals surface area contributed by atoms with E-state index >= 15 is 0 Å². The molecule has 0 saturated carbocycles. The summed E-state index contributed by atoms with van der Waals surface area (Å²) in [5.74, 6) is -0.987. The van der Waals surface area contributed by atoms with E-state index in [1.807, 2.05) is 39.8 Å². The van der Waals surface area contributed by atoms with E-state index in [-0.39, 0.29) is 30.8 Å². The van der Waals surface area contributed by atoms with Gasteiger partial charge in [-0.15, -0.1) is 0 Å². The van der Waals surface area contributed by atoms with Gasteiger partial charge in [0.05, 0.1) is 13.1 Å². The standard InChI is InChI=1S/C22H36N4O5/c1-7-9-16-15(8-2)11-18(25-16)22(29)26-17(10-14(3)4)21(28)24-12-19(27)23-13-20(30-5)31-6/h7,9,11,14,17,20,25H,8,10,12-13H2,1-6H3,(H,23,27)(H,24,28)(H,26,29)/b9-7-. The van der Waals surface area contributed by atoms with E-state index in [2.05, 4.69) is 20.9 Å². The van der Waals surface area contributed by atoms with E-state index in [0.717, 1.165) is 17.7 Å². The Labute approximate surface area is 184 Å². The Hall–Kier alpha value is -2.65. The van der Waals surface area contributed by atoms with Gasteiger partial charge in [-0.2, -0.15) is 0 Å². The Bertz CT molecular complexity index is 753. The number of aromatic amines is 1. The highest BCUT2D eigenvalue weighted by atomic mass is 16.7. The summed E-state index contributed by atoms with van der Waals surface area (Å²) in [6, 6.07) is 1.04. The lowest BCUT2D eigenvalue weighted by Gasteiger charge is -2.20. The van der Waals surface area contributed by atoms with Crippen LogP contribution in [-0.4, -0.2) is 62.3 Å². The number of allylic oxidation sites excluding steroid dienone is 1. The van der Waals surface area contributed by atoms with Gasteiger partial charge in [0.25, 0.3) is 5.91 Å². The van der Waals surface area contributed by atoms with Crippen LogP contribution in [0.5, 0.6) is 0 Å². The summed E-state index contributed by atoms with van der Waals surface area (Å²) in [6.07, 6.45) is 4.46. The Morgan fingerprint density at radius 2 is 1.84 bits per heavy atom. The van der Waals surface area contributed by atoms with E-state index in [1.165, 1.54) is 14.2 Å². The molecule has 1 rings (SSSR count). The molecule has 0 aliphatic rings. The first kappa shape index (κ1) is 26.4. The van der Waals surface area contributed by atoms with E-state index in [0.29, 0.717) is 12.1 Å². The van der Waals surface area contributed by atoms with Gasteiger partial charge < -0.3 is 30.4 Å². The first-order valence-electron chi connectivity index (χ1n) is 10.5. The molecule has 9 nitrogen and oxygen atoms in total. The zero-order valence-electron chi connectivity index (χ0n) is 19.3. The molecule has 4 N–H and O–H groups in total. The lowest BCUT2D eigenvalue weighted by Crippen LogP contribution is -2.50. The fraction of sp³-hybridized carbons (Fsp3) is 0.591. The second kappa shape index (κ2) is 13.6. The van der Waals surface area contributed by atoms with Crippen molar-refractivity contribution in [2.75, 3.05) is 27.3 Å². The molecule has 0 aromatic carbocycles. The number of H-pyrrole nitrogens is 1. The van der Waals surface area contributed by atoms with Crippen LogP contribution in [0.15, 0.2) is 12.1 Å². The molecular formula is C22H36N4O5. The molecule has 0 fully saturated rings. The van der Waals surface area contributed by atoms with Crippen LogP contribution >= 0.6 is 0 Å². The topological polar surface area (TPSA) is 122 Å². The molecule has 31 heavy (non-hydrogen) atoms. The predicted molar refractivity (Wildman–Crippen MR) is 119 cm³/mol. The normalized spacial score (nSPS) is 12.4. The van der Waals surface area contributed by atoms with Crippen LogP contribution in [0.4, 0.5) is 0 Å². The third-order valence-electron chi connectivity index (χ3n) is 4.64. The maximum absolute atomic E-state index is 12.8. The van der Waals surface area contributed by atoms with Gasteiger partial charge in [-0.25, -0.2) is 0 Å². The van der Waals surface area contributed by atoms with Gasteiger partial charge in [-0.05, 0) is 43.4 Å².